The Labute approximate surface area is 118 Å². The molecule has 0 spiro atoms. The molecule has 0 aliphatic rings. The third kappa shape index (κ3) is 3.14. The van der Waals surface area contributed by atoms with Crippen LogP contribution in [-0.4, -0.2) is 6.04 Å². The van der Waals surface area contributed by atoms with Gasteiger partial charge >= 0.3 is 0 Å². The molecular formula is C15H18ClNS. The quantitative estimate of drug-likeness (QED) is 0.841. The Hall–Kier alpha value is -0.830. The molecule has 0 unspecified atom stereocenters. The first-order valence-corrected chi connectivity index (χ1v) is 7.40. The van der Waals surface area contributed by atoms with Gasteiger partial charge in [-0.2, -0.15) is 0 Å². The van der Waals surface area contributed by atoms with Crippen LogP contribution in [0.1, 0.15) is 25.0 Å². The molecule has 2 aromatic rings. The van der Waals surface area contributed by atoms with E-state index in [2.05, 4.69) is 55.7 Å². The van der Waals surface area contributed by atoms with E-state index in [1.807, 2.05) is 0 Å². The lowest BCUT2D eigenvalue weighted by Gasteiger charge is -2.10. The number of rotatable bonds is 4. The molecule has 1 nitrogen and oxygen atoms in total. The van der Waals surface area contributed by atoms with Crippen molar-refractivity contribution in [2.75, 3.05) is 0 Å². The molecule has 0 fully saturated rings. The van der Waals surface area contributed by atoms with Gasteiger partial charge in [0.25, 0.3) is 0 Å². The van der Waals surface area contributed by atoms with Crippen LogP contribution in [0.15, 0.2) is 29.6 Å². The molecule has 3 heteroatoms. The Morgan fingerprint density at radius 2 is 2.06 bits per heavy atom. The van der Waals surface area contributed by atoms with Crippen LogP contribution in [0, 0.1) is 6.92 Å². The second-order valence-electron chi connectivity index (χ2n) is 4.78. The van der Waals surface area contributed by atoms with Gasteiger partial charge in [-0.25, -0.2) is 0 Å². The minimum Gasteiger partial charge on any atom is -0.310 e. The molecule has 0 atom stereocenters. The molecule has 0 saturated carbocycles. The van der Waals surface area contributed by atoms with Gasteiger partial charge < -0.3 is 5.32 Å². The highest BCUT2D eigenvalue weighted by molar-refractivity contribution is 7.13. The molecule has 0 radical (unpaired) electrons. The van der Waals surface area contributed by atoms with Crippen LogP contribution in [0.3, 0.4) is 0 Å². The summed E-state index contributed by atoms with van der Waals surface area (Å²) in [5, 5.41) is 6.34. The average molecular weight is 280 g/mol. The topological polar surface area (TPSA) is 12.0 Å². The van der Waals surface area contributed by atoms with Crippen molar-refractivity contribution in [3.05, 3.63) is 45.8 Å². The second-order valence-corrected chi connectivity index (χ2v) is 6.11. The lowest BCUT2D eigenvalue weighted by atomic mass is 10.1. The summed E-state index contributed by atoms with van der Waals surface area (Å²) in [5.74, 6) is 0. The fraction of sp³-hybridized carbons (Fsp3) is 0.333. The molecule has 1 N–H and O–H groups in total. The SMILES string of the molecule is Cc1ccsc1-c1ccc(CNC(C)C)cc1Cl. The summed E-state index contributed by atoms with van der Waals surface area (Å²) in [4.78, 5) is 1.27. The number of benzene rings is 1. The van der Waals surface area contributed by atoms with Crippen LogP contribution in [0.2, 0.25) is 5.02 Å². The van der Waals surface area contributed by atoms with Crippen molar-refractivity contribution in [2.45, 2.75) is 33.4 Å². The van der Waals surface area contributed by atoms with Gasteiger partial charge in [0.2, 0.25) is 0 Å². The van der Waals surface area contributed by atoms with Gasteiger partial charge in [-0.05, 0) is 35.6 Å². The van der Waals surface area contributed by atoms with E-state index in [0.717, 1.165) is 17.1 Å². The van der Waals surface area contributed by atoms with E-state index in [4.69, 9.17) is 11.6 Å². The molecule has 0 bridgehead atoms. The molecule has 1 aromatic carbocycles. The van der Waals surface area contributed by atoms with Crippen molar-refractivity contribution < 1.29 is 0 Å². The lowest BCUT2D eigenvalue weighted by molar-refractivity contribution is 0.589. The second kappa shape index (κ2) is 5.87. The highest BCUT2D eigenvalue weighted by Crippen LogP contribution is 2.34. The Balaban J connectivity index is 2.23. The molecule has 0 aliphatic heterocycles. The monoisotopic (exact) mass is 279 g/mol. The van der Waals surface area contributed by atoms with E-state index < -0.39 is 0 Å². The number of nitrogens with one attached hydrogen (secondary N) is 1. The average Bonchev–Trinajstić information content (AvgIpc) is 2.73. The Bertz CT molecular complexity index is 531. The van der Waals surface area contributed by atoms with Crippen LogP contribution in [0.25, 0.3) is 10.4 Å². The van der Waals surface area contributed by atoms with Crippen LogP contribution in [-0.2, 0) is 6.54 Å². The molecular weight excluding hydrogens is 262 g/mol. The van der Waals surface area contributed by atoms with Crippen molar-refractivity contribution >= 4 is 22.9 Å². The van der Waals surface area contributed by atoms with Gasteiger partial charge in [-0.15, -0.1) is 11.3 Å². The van der Waals surface area contributed by atoms with E-state index in [1.165, 1.54) is 16.0 Å². The third-order valence-corrected chi connectivity index (χ3v) is 4.22. The number of halogens is 1. The molecule has 18 heavy (non-hydrogen) atoms. The molecule has 1 aromatic heterocycles. The minimum atomic E-state index is 0.489. The third-order valence-electron chi connectivity index (χ3n) is 2.85. The van der Waals surface area contributed by atoms with Gasteiger partial charge in [-0.3, -0.25) is 0 Å². The highest BCUT2D eigenvalue weighted by Gasteiger charge is 2.08. The van der Waals surface area contributed by atoms with E-state index in [0.29, 0.717) is 6.04 Å². The fourth-order valence-corrected chi connectivity index (χ4v) is 3.14. The fourth-order valence-electron chi connectivity index (χ4n) is 1.82. The molecule has 0 aliphatic carbocycles. The molecule has 2 rings (SSSR count). The van der Waals surface area contributed by atoms with Crippen molar-refractivity contribution in [3.63, 3.8) is 0 Å². The number of aryl methyl sites for hydroxylation is 1. The van der Waals surface area contributed by atoms with Crippen LogP contribution in [0.4, 0.5) is 0 Å². The maximum absolute atomic E-state index is 6.39. The summed E-state index contributed by atoms with van der Waals surface area (Å²) >= 11 is 8.13. The van der Waals surface area contributed by atoms with Crippen molar-refractivity contribution in [2.24, 2.45) is 0 Å². The van der Waals surface area contributed by atoms with E-state index in [-0.39, 0.29) is 0 Å². The molecule has 0 amide bonds. The van der Waals surface area contributed by atoms with Gasteiger partial charge in [-0.1, -0.05) is 37.6 Å². The molecule has 1 heterocycles. The van der Waals surface area contributed by atoms with Crippen LogP contribution < -0.4 is 5.32 Å². The zero-order chi connectivity index (χ0) is 13.1. The number of thiophene rings is 1. The maximum Gasteiger partial charge on any atom is 0.0495 e. The summed E-state index contributed by atoms with van der Waals surface area (Å²) < 4.78 is 0. The van der Waals surface area contributed by atoms with E-state index in [9.17, 15) is 0 Å². The van der Waals surface area contributed by atoms with Crippen molar-refractivity contribution in [3.8, 4) is 10.4 Å². The predicted octanol–water partition coefficient (Wildman–Crippen LogP) is 4.87. The zero-order valence-electron chi connectivity index (χ0n) is 11.0. The first-order valence-electron chi connectivity index (χ1n) is 6.14. The predicted molar refractivity (Wildman–Crippen MR) is 81.5 cm³/mol. The van der Waals surface area contributed by atoms with Crippen LogP contribution >= 0.6 is 22.9 Å². The largest absolute Gasteiger partial charge is 0.310 e. The summed E-state index contributed by atoms with van der Waals surface area (Å²) in [6.07, 6.45) is 0. The Kier molecular flexibility index (Phi) is 4.44. The van der Waals surface area contributed by atoms with Gasteiger partial charge in [0.15, 0.2) is 0 Å². The van der Waals surface area contributed by atoms with Crippen molar-refractivity contribution in [1.82, 2.24) is 5.32 Å². The first-order chi connectivity index (χ1) is 8.58. The maximum atomic E-state index is 6.39. The summed E-state index contributed by atoms with van der Waals surface area (Å²) in [6.45, 7) is 7.27. The molecule has 96 valence electrons. The van der Waals surface area contributed by atoms with Gasteiger partial charge in [0.1, 0.15) is 0 Å². The Morgan fingerprint density at radius 3 is 2.61 bits per heavy atom. The number of hydrogen-bond acceptors (Lipinski definition) is 2. The summed E-state index contributed by atoms with van der Waals surface area (Å²) in [5.41, 5.74) is 3.65. The minimum absolute atomic E-state index is 0.489. The summed E-state index contributed by atoms with van der Waals surface area (Å²) in [6, 6.07) is 8.95. The summed E-state index contributed by atoms with van der Waals surface area (Å²) in [7, 11) is 0. The first kappa shape index (κ1) is 13.6. The van der Waals surface area contributed by atoms with E-state index >= 15 is 0 Å². The van der Waals surface area contributed by atoms with E-state index in [1.54, 1.807) is 11.3 Å². The highest BCUT2D eigenvalue weighted by atomic mass is 35.5. The standard InChI is InChI=1S/C15H18ClNS/c1-10(2)17-9-12-4-5-13(14(16)8-12)15-11(3)6-7-18-15/h4-8,10,17H,9H2,1-3H3. The van der Waals surface area contributed by atoms with Gasteiger partial charge in [0, 0.05) is 28.0 Å². The van der Waals surface area contributed by atoms with Crippen LogP contribution in [0.5, 0.6) is 0 Å². The molecule has 0 saturated heterocycles. The normalized spacial score (nSPS) is 11.2. The smallest absolute Gasteiger partial charge is 0.0495 e. The van der Waals surface area contributed by atoms with Gasteiger partial charge in [0.05, 0.1) is 0 Å². The zero-order valence-corrected chi connectivity index (χ0v) is 12.5. The Morgan fingerprint density at radius 1 is 1.28 bits per heavy atom. The number of hydrogen-bond donors (Lipinski definition) is 1. The lowest BCUT2D eigenvalue weighted by Crippen LogP contribution is -2.21. The van der Waals surface area contributed by atoms with Crippen molar-refractivity contribution in [1.29, 1.82) is 0 Å².